The molecule has 2 heterocycles. The van der Waals surface area contributed by atoms with Gasteiger partial charge in [0.1, 0.15) is 5.82 Å². The molecule has 0 unspecified atom stereocenters. The Labute approximate surface area is 100 Å². The molecule has 0 aromatic carbocycles. The maximum absolute atomic E-state index is 4.47. The Bertz CT molecular complexity index is 496. The molecule has 17 heavy (non-hydrogen) atoms. The molecule has 0 spiro atoms. The van der Waals surface area contributed by atoms with Crippen LogP contribution in [0.2, 0.25) is 0 Å². The Hall–Kier alpha value is -2.04. The average molecular weight is 229 g/mol. The summed E-state index contributed by atoms with van der Waals surface area (Å²) in [7, 11) is 1.84. The maximum atomic E-state index is 4.47. The van der Waals surface area contributed by atoms with Crippen molar-refractivity contribution in [2.24, 2.45) is 0 Å². The van der Waals surface area contributed by atoms with Crippen LogP contribution in [0, 0.1) is 0 Å². The number of nitrogens with zero attached hydrogens (tertiary/aromatic N) is 4. The molecule has 2 aromatic rings. The second-order valence-corrected chi connectivity index (χ2v) is 3.98. The van der Waals surface area contributed by atoms with E-state index >= 15 is 0 Å². The maximum Gasteiger partial charge on any atom is 0.199 e. The lowest BCUT2D eigenvalue weighted by atomic mass is 10.1. The molecular formula is C12H15N5. The van der Waals surface area contributed by atoms with Crippen LogP contribution in [0.4, 0.5) is 5.82 Å². The molecular weight excluding hydrogens is 214 g/mol. The number of hydrogen-bond donors (Lipinski definition) is 1. The van der Waals surface area contributed by atoms with Crippen molar-refractivity contribution >= 4 is 5.82 Å². The first-order valence-electron chi connectivity index (χ1n) is 5.55. The van der Waals surface area contributed by atoms with Crippen LogP contribution in [0.3, 0.4) is 0 Å². The highest BCUT2D eigenvalue weighted by molar-refractivity contribution is 5.49. The highest BCUT2D eigenvalue weighted by Crippen LogP contribution is 2.18. The largest absolute Gasteiger partial charge is 0.373 e. The van der Waals surface area contributed by atoms with Crippen molar-refractivity contribution in [3.8, 4) is 11.6 Å². The van der Waals surface area contributed by atoms with Gasteiger partial charge >= 0.3 is 0 Å². The Morgan fingerprint density at radius 3 is 2.35 bits per heavy atom. The van der Waals surface area contributed by atoms with Gasteiger partial charge in [0.15, 0.2) is 11.6 Å². The molecule has 5 heteroatoms. The molecule has 0 aliphatic rings. The summed E-state index contributed by atoms with van der Waals surface area (Å²) < 4.78 is 0. The van der Waals surface area contributed by atoms with Gasteiger partial charge in [-0.3, -0.25) is 0 Å². The summed E-state index contributed by atoms with van der Waals surface area (Å²) in [4.78, 5) is 17.2. The molecule has 0 saturated carbocycles. The lowest BCUT2D eigenvalue weighted by molar-refractivity contribution is 0.815. The van der Waals surface area contributed by atoms with Gasteiger partial charge in [0.25, 0.3) is 0 Å². The SMILES string of the molecule is CNc1cc(C(C)C)nc(-c2ncccn2)n1. The summed E-state index contributed by atoms with van der Waals surface area (Å²) in [6.45, 7) is 4.19. The van der Waals surface area contributed by atoms with Crippen molar-refractivity contribution in [3.63, 3.8) is 0 Å². The number of nitrogens with one attached hydrogen (secondary N) is 1. The first-order chi connectivity index (χ1) is 8.20. The van der Waals surface area contributed by atoms with Crippen molar-refractivity contribution in [3.05, 3.63) is 30.2 Å². The Kier molecular flexibility index (Phi) is 3.27. The first kappa shape index (κ1) is 11.4. The normalized spacial score (nSPS) is 10.6. The third-order valence-corrected chi connectivity index (χ3v) is 2.36. The van der Waals surface area contributed by atoms with E-state index in [0.29, 0.717) is 17.6 Å². The van der Waals surface area contributed by atoms with Gasteiger partial charge in [0, 0.05) is 31.2 Å². The molecule has 5 nitrogen and oxygen atoms in total. The topological polar surface area (TPSA) is 63.6 Å². The summed E-state index contributed by atoms with van der Waals surface area (Å²) in [6.07, 6.45) is 3.37. The fraction of sp³-hybridized carbons (Fsp3) is 0.333. The van der Waals surface area contributed by atoms with E-state index in [1.807, 2.05) is 13.1 Å². The molecule has 88 valence electrons. The molecule has 2 aromatic heterocycles. The highest BCUT2D eigenvalue weighted by atomic mass is 15.0. The zero-order chi connectivity index (χ0) is 12.3. The zero-order valence-electron chi connectivity index (χ0n) is 10.2. The lowest BCUT2D eigenvalue weighted by Gasteiger charge is -2.09. The van der Waals surface area contributed by atoms with Crippen LogP contribution in [0.15, 0.2) is 24.5 Å². The third kappa shape index (κ3) is 2.55. The van der Waals surface area contributed by atoms with E-state index in [1.165, 1.54) is 0 Å². The Balaban J connectivity index is 2.50. The van der Waals surface area contributed by atoms with E-state index in [-0.39, 0.29) is 0 Å². The molecule has 2 rings (SSSR count). The van der Waals surface area contributed by atoms with Crippen molar-refractivity contribution in [1.29, 1.82) is 0 Å². The minimum Gasteiger partial charge on any atom is -0.373 e. The quantitative estimate of drug-likeness (QED) is 0.873. The number of rotatable bonds is 3. The minimum atomic E-state index is 0.340. The number of anilines is 1. The van der Waals surface area contributed by atoms with Crippen LogP contribution < -0.4 is 5.32 Å². The van der Waals surface area contributed by atoms with Crippen LogP contribution in [0.5, 0.6) is 0 Å². The van der Waals surface area contributed by atoms with Gasteiger partial charge in [-0.2, -0.15) is 0 Å². The zero-order valence-corrected chi connectivity index (χ0v) is 10.2. The van der Waals surface area contributed by atoms with Gasteiger partial charge in [-0.25, -0.2) is 19.9 Å². The Morgan fingerprint density at radius 1 is 1.06 bits per heavy atom. The molecule has 1 N–H and O–H groups in total. The van der Waals surface area contributed by atoms with Crippen LogP contribution in [-0.4, -0.2) is 27.0 Å². The average Bonchev–Trinajstić information content (AvgIpc) is 2.39. The monoisotopic (exact) mass is 229 g/mol. The van der Waals surface area contributed by atoms with Gasteiger partial charge < -0.3 is 5.32 Å². The standard InChI is InChI=1S/C12H15N5/c1-8(2)9-7-10(13-3)17-12(16-9)11-14-5-4-6-15-11/h4-8H,1-3H3,(H,13,16,17). The molecule has 0 atom stereocenters. The van der Waals surface area contributed by atoms with Crippen LogP contribution in [0.1, 0.15) is 25.5 Å². The van der Waals surface area contributed by atoms with Crippen molar-refractivity contribution < 1.29 is 0 Å². The van der Waals surface area contributed by atoms with E-state index in [0.717, 1.165) is 11.5 Å². The van der Waals surface area contributed by atoms with Crippen molar-refractivity contribution in [2.45, 2.75) is 19.8 Å². The van der Waals surface area contributed by atoms with Crippen molar-refractivity contribution in [2.75, 3.05) is 12.4 Å². The van der Waals surface area contributed by atoms with Gasteiger partial charge in [-0.1, -0.05) is 13.8 Å². The van der Waals surface area contributed by atoms with Gasteiger partial charge in [0.2, 0.25) is 0 Å². The molecule has 0 amide bonds. The summed E-state index contributed by atoms with van der Waals surface area (Å²) in [5.41, 5.74) is 0.979. The molecule has 0 fully saturated rings. The summed E-state index contributed by atoms with van der Waals surface area (Å²) in [5.74, 6) is 2.23. The Morgan fingerprint density at radius 2 is 1.76 bits per heavy atom. The van der Waals surface area contributed by atoms with Crippen LogP contribution in [-0.2, 0) is 0 Å². The highest BCUT2D eigenvalue weighted by Gasteiger charge is 2.10. The van der Waals surface area contributed by atoms with Crippen LogP contribution >= 0.6 is 0 Å². The molecule has 0 aliphatic heterocycles. The second-order valence-electron chi connectivity index (χ2n) is 3.98. The first-order valence-corrected chi connectivity index (χ1v) is 5.55. The summed E-state index contributed by atoms with van der Waals surface area (Å²) in [6, 6.07) is 3.71. The van der Waals surface area contributed by atoms with E-state index in [2.05, 4.69) is 39.1 Å². The van der Waals surface area contributed by atoms with E-state index in [4.69, 9.17) is 0 Å². The van der Waals surface area contributed by atoms with Gasteiger partial charge in [0.05, 0.1) is 0 Å². The smallest absolute Gasteiger partial charge is 0.199 e. The van der Waals surface area contributed by atoms with Gasteiger partial charge in [-0.05, 0) is 12.0 Å². The summed E-state index contributed by atoms with van der Waals surface area (Å²) >= 11 is 0. The predicted octanol–water partition coefficient (Wildman–Crippen LogP) is 2.10. The minimum absolute atomic E-state index is 0.340. The third-order valence-electron chi connectivity index (χ3n) is 2.36. The van der Waals surface area contributed by atoms with E-state index in [1.54, 1.807) is 18.5 Å². The second kappa shape index (κ2) is 4.86. The number of aromatic nitrogens is 4. The predicted molar refractivity (Wildman–Crippen MR) is 66.7 cm³/mol. The fourth-order valence-electron chi connectivity index (χ4n) is 1.40. The van der Waals surface area contributed by atoms with Crippen molar-refractivity contribution in [1.82, 2.24) is 19.9 Å². The molecule has 0 aliphatic carbocycles. The van der Waals surface area contributed by atoms with E-state index in [9.17, 15) is 0 Å². The van der Waals surface area contributed by atoms with E-state index < -0.39 is 0 Å². The summed E-state index contributed by atoms with van der Waals surface area (Å²) in [5, 5.41) is 3.03. The fourth-order valence-corrected chi connectivity index (χ4v) is 1.40. The molecule has 0 radical (unpaired) electrons. The van der Waals surface area contributed by atoms with Crippen LogP contribution in [0.25, 0.3) is 11.6 Å². The lowest BCUT2D eigenvalue weighted by Crippen LogP contribution is -2.03. The van der Waals surface area contributed by atoms with Gasteiger partial charge in [-0.15, -0.1) is 0 Å². The molecule has 0 bridgehead atoms. The number of hydrogen-bond acceptors (Lipinski definition) is 5. The molecule has 0 saturated heterocycles.